The van der Waals surface area contributed by atoms with E-state index in [2.05, 4.69) is 9.97 Å². The third-order valence-corrected chi connectivity index (χ3v) is 4.23. The highest BCUT2D eigenvalue weighted by Gasteiger charge is 2.34. The van der Waals surface area contributed by atoms with E-state index >= 15 is 0 Å². The number of H-pyrrole nitrogens is 1. The number of benzene rings is 1. The Morgan fingerprint density at radius 2 is 2.04 bits per heavy atom. The first-order valence-corrected chi connectivity index (χ1v) is 7.70. The van der Waals surface area contributed by atoms with Crippen LogP contribution in [0.5, 0.6) is 0 Å². The van der Waals surface area contributed by atoms with Gasteiger partial charge in [-0.05, 0) is 19.4 Å². The number of imidazole rings is 1. The van der Waals surface area contributed by atoms with Gasteiger partial charge in [0.05, 0.1) is 12.5 Å². The Labute approximate surface area is 135 Å². The van der Waals surface area contributed by atoms with Gasteiger partial charge in [0, 0.05) is 19.6 Å². The fraction of sp³-hybridized carbons (Fsp3) is 0.353. The molecule has 0 radical (unpaired) electrons. The lowest BCUT2D eigenvalue weighted by Crippen LogP contribution is -2.57. The fourth-order valence-corrected chi connectivity index (χ4v) is 2.81. The first kappa shape index (κ1) is 15.3. The molecule has 2 heterocycles. The average Bonchev–Trinajstić information content (AvgIpc) is 3.08. The summed E-state index contributed by atoms with van der Waals surface area (Å²) in [4.78, 5) is 35.1. The zero-order valence-electron chi connectivity index (χ0n) is 13.3. The van der Waals surface area contributed by atoms with E-state index in [9.17, 15) is 9.59 Å². The lowest BCUT2D eigenvalue weighted by Gasteiger charge is -2.39. The third kappa shape index (κ3) is 3.11. The van der Waals surface area contributed by atoms with Gasteiger partial charge in [-0.2, -0.15) is 0 Å². The molecule has 1 saturated heterocycles. The lowest BCUT2D eigenvalue weighted by atomic mass is 10.1. The number of aryl methyl sites for hydroxylation is 1. The largest absolute Gasteiger partial charge is 0.341 e. The van der Waals surface area contributed by atoms with Crippen LogP contribution >= 0.6 is 0 Å². The smallest absolute Gasteiger partial charge is 0.272 e. The van der Waals surface area contributed by atoms with Crippen molar-refractivity contribution in [2.45, 2.75) is 26.4 Å². The minimum absolute atomic E-state index is 0.0234. The maximum absolute atomic E-state index is 12.6. The Morgan fingerprint density at radius 1 is 1.30 bits per heavy atom. The maximum Gasteiger partial charge on any atom is 0.272 e. The molecule has 0 unspecified atom stereocenters. The topological polar surface area (TPSA) is 69.3 Å². The van der Waals surface area contributed by atoms with Gasteiger partial charge >= 0.3 is 0 Å². The standard InChI is InChI=1S/C17H20N4O2/c1-12-3-5-14(6-4-12)10-20-7-8-21(13(2)16(20)22)17(23)15-9-18-11-19-15/h3-6,9,11,13H,7-8,10H2,1-2H3,(H,18,19)/t13-/m0/s1. The number of amides is 2. The second-order valence-electron chi connectivity index (χ2n) is 5.89. The van der Waals surface area contributed by atoms with E-state index in [0.717, 1.165) is 5.56 Å². The normalized spacial score (nSPS) is 18.3. The Morgan fingerprint density at radius 3 is 2.70 bits per heavy atom. The zero-order valence-corrected chi connectivity index (χ0v) is 13.3. The molecule has 1 aromatic carbocycles. The predicted octanol–water partition coefficient (Wildman–Crippen LogP) is 1.59. The van der Waals surface area contributed by atoms with Crippen LogP contribution in [0.2, 0.25) is 0 Å². The molecule has 1 fully saturated rings. The van der Waals surface area contributed by atoms with Gasteiger partial charge in [0.25, 0.3) is 5.91 Å². The number of carbonyl (C=O) groups is 2. The number of piperazine rings is 1. The minimum Gasteiger partial charge on any atom is -0.341 e. The van der Waals surface area contributed by atoms with Crippen LogP contribution < -0.4 is 0 Å². The summed E-state index contributed by atoms with van der Waals surface area (Å²) in [5, 5.41) is 0. The van der Waals surface area contributed by atoms with Crippen molar-refractivity contribution in [3.8, 4) is 0 Å². The van der Waals surface area contributed by atoms with Gasteiger partial charge in [-0.1, -0.05) is 29.8 Å². The van der Waals surface area contributed by atoms with Crippen molar-refractivity contribution < 1.29 is 9.59 Å². The van der Waals surface area contributed by atoms with Crippen molar-refractivity contribution in [1.82, 2.24) is 19.8 Å². The van der Waals surface area contributed by atoms with Crippen molar-refractivity contribution >= 4 is 11.8 Å². The molecule has 1 aromatic heterocycles. The van der Waals surface area contributed by atoms with Gasteiger partial charge in [0.1, 0.15) is 11.7 Å². The molecule has 0 spiro atoms. The maximum atomic E-state index is 12.6. The molecule has 120 valence electrons. The average molecular weight is 312 g/mol. The van der Waals surface area contributed by atoms with Crippen LogP contribution in [0.15, 0.2) is 36.8 Å². The quantitative estimate of drug-likeness (QED) is 0.936. The highest BCUT2D eigenvalue weighted by Crippen LogP contribution is 2.17. The van der Waals surface area contributed by atoms with Gasteiger partial charge in [-0.3, -0.25) is 9.59 Å². The van der Waals surface area contributed by atoms with Crippen molar-refractivity contribution in [3.05, 3.63) is 53.6 Å². The highest BCUT2D eigenvalue weighted by molar-refractivity contribution is 5.96. The van der Waals surface area contributed by atoms with Crippen LogP contribution in [-0.2, 0) is 11.3 Å². The summed E-state index contributed by atoms with van der Waals surface area (Å²) >= 11 is 0. The monoisotopic (exact) mass is 312 g/mol. The summed E-state index contributed by atoms with van der Waals surface area (Å²) in [6.07, 6.45) is 2.95. The summed E-state index contributed by atoms with van der Waals surface area (Å²) in [5.41, 5.74) is 2.71. The molecule has 6 heteroatoms. The molecule has 23 heavy (non-hydrogen) atoms. The Kier molecular flexibility index (Phi) is 4.14. The van der Waals surface area contributed by atoms with Gasteiger partial charge in [0.15, 0.2) is 0 Å². The van der Waals surface area contributed by atoms with E-state index in [-0.39, 0.29) is 11.8 Å². The summed E-state index contributed by atoms with van der Waals surface area (Å²) in [6.45, 7) is 5.46. The molecule has 6 nitrogen and oxygen atoms in total. The number of hydrogen-bond donors (Lipinski definition) is 1. The van der Waals surface area contributed by atoms with E-state index < -0.39 is 6.04 Å². The molecule has 0 aliphatic carbocycles. The molecule has 2 aromatic rings. The van der Waals surface area contributed by atoms with Crippen LogP contribution in [0.1, 0.15) is 28.5 Å². The van der Waals surface area contributed by atoms with Crippen molar-refractivity contribution in [1.29, 1.82) is 0 Å². The summed E-state index contributed by atoms with van der Waals surface area (Å²) in [6, 6.07) is 7.69. The van der Waals surface area contributed by atoms with Gasteiger partial charge < -0.3 is 14.8 Å². The van der Waals surface area contributed by atoms with E-state index in [4.69, 9.17) is 0 Å². The Balaban J connectivity index is 1.68. The van der Waals surface area contributed by atoms with E-state index in [1.807, 2.05) is 36.1 Å². The Bertz CT molecular complexity index is 694. The molecule has 0 bridgehead atoms. The van der Waals surface area contributed by atoms with Crippen molar-refractivity contribution in [2.24, 2.45) is 0 Å². The number of nitrogens with zero attached hydrogens (tertiary/aromatic N) is 3. The van der Waals surface area contributed by atoms with Crippen LogP contribution in [0.3, 0.4) is 0 Å². The number of nitrogens with one attached hydrogen (secondary N) is 1. The SMILES string of the molecule is Cc1ccc(CN2CCN(C(=O)c3cnc[nH]3)[C@@H](C)C2=O)cc1. The molecule has 3 rings (SSSR count). The lowest BCUT2D eigenvalue weighted by molar-refractivity contribution is -0.140. The molecule has 2 amide bonds. The van der Waals surface area contributed by atoms with E-state index in [1.54, 1.807) is 11.8 Å². The van der Waals surface area contributed by atoms with Gasteiger partial charge in [-0.15, -0.1) is 0 Å². The molecule has 0 saturated carbocycles. The third-order valence-electron chi connectivity index (χ3n) is 4.23. The van der Waals surface area contributed by atoms with Crippen molar-refractivity contribution in [2.75, 3.05) is 13.1 Å². The zero-order chi connectivity index (χ0) is 16.4. The fourth-order valence-electron chi connectivity index (χ4n) is 2.81. The van der Waals surface area contributed by atoms with E-state index in [1.165, 1.54) is 18.1 Å². The number of aromatic amines is 1. The molecular weight excluding hydrogens is 292 g/mol. The molecule has 1 atom stereocenters. The number of carbonyl (C=O) groups excluding carboxylic acids is 2. The predicted molar refractivity (Wildman–Crippen MR) is 85.7 cm³/mol. The summed E-state index contributed by atoms with van der Waals surface area (Å²) in [5.74, 6) is -0.206. The second-order valence-corrected chi connectivity index (χ2v) is 5.89. The molecule has 1 N–H and O–H groups in total. The van der Waals surface area contributed by atoms with Crippen LogP contribution in [0, 0.1) is 6.92 Å². The van der Waals surface area contributed by atoms with Crippen LogP contribution in [0.4, 0.5) is 0 Å². The van der Waals surface area contributed by atoms with Crippen LogP contribution in [-0.4, -0.2) is 50.7 Å². The second kappa shape index (κ2) is 6.24. The van der Waals surface area contributed by atoms with Crippen molar-refractivity contribution in [3.63, 3.8) is 0 Å². The van der Waals surface area contributed by atoms with Gasteiger partial charge in [-0.25, -0.2) is 4.98 Å². The number of aromatic nitrogens is 2. The van der Waals surface area contributed by atoms with Gasteiger partial charge in [0.2, 0.25) is 5.91 Å². The first-order chi connectivity index (χ1) is 11.1. The highest BCUT2D eigenvalue weighted by atomic mass is 16.2. The Hall–Kier alpha value is -2.63. The number of rotatable bonds is 3. The minimum atomic E-state index is -0.468. The summed E-state index contributed by atoms with van der Waals surface area (Å²) in [7, 11) is 0. The van der Waals surface area contributed by atoms with Crippen LogP contribution in [0.25, 0.3) is 0 Å². The first-order valence-electron chi connectivity index (χ1n) is 7.70. The molecule has 1 aliphatic rings. The molecular formula is C17H20N4O2. The van der Waals surface area contributed by atoms with E-state index in [0.29, 0.717) is 25.3 Å². The number of hydrogen-bond acceptors (Lipinski definition) is 3. The molecule has 1 aliphatic heterocycles. The summed E-state index contributed by atoms with van der Waals surface area (Å²) < 4.78 is 0.